The number of aromatic nitrogens is 3. The van der Waals surface area contributed by atoms with Crippen molar-refractivity contribution in [2.45, 2.75) is 37.5 Å². The Morgan fingerprint density at radius 3 is 1.66 bits per heavy atom. The lowest BCUT2D eigenvalue weighted by atomic mass is 9.43. The largest absolute Gasteiger partial charge is 0.450 e. The molecule has 5 heteroatoms. The van der Waals surface area contributed by atoms with Crippen molar-refractivity contribution in [1.29, 1.82) is 0 Å². The van der Waals surface area contributed by atoms with Gasteiger partial charge in [-0.05, 0) is 131 Å². The maximum Gasteiger partial charge on any atom is 0.174 e. The molecule has 8 aromatic rings. The normalized spacial score (nSPS) is 22.8. The molecule has 0 N–H and O–H groups in total. The fourth-order valence-electron chi connectivity index (χ4n) is 12.0. The molecule has 0 radical (unpaired) electrons. The molecule has 4 bridgehead atoms. The topological polar surface area (TPSA) is 57.1 Å². The third-order valence-electron chi connectivity index (χ3n) is 14.1. The molecule has 14 rings (SSSR count). The van der Waals surface area contributed by atoms with Crippen LogP contribution in [-0.4, -0.2) is 15.0 Å². The van der Waals surface area contributed by atoms with Gasteiger partial charge in [-0.15, -0.1) is 0 Å². The minimum absolute atomic E-state index is 0.109. The summed E-state index contributed by atoms with van der Waals surface area (Å²) in [5.41, 5.74) is 10.5. The highest BCUT2D eigenvalue weighted by molar-refractivity contribution is 5.91. The molecular weight excluding hydrogens is 711 g/mol. The molecule has 1 aromatic heterocycles. The molecule has 5 aliphatic carbocycles. The summed E-state index contributed by atoms with van der Waals surface area (Å²) in [5.74, 6) is 8.10. The van der Waals surface area contributed by atoms with Gasteiger partial charge in [-0.25, -0.2) is 15.0 Å². The molecule has 0 unspecified atom stereocenters. The maximum absolute atomic E-state index is 6.93. The van der Waals surface area contributed by atoms with Gasteiger partial charge in [0, 0.05) is 27.7 Å². The van der Waals surface area contributed by atoms with Crippen LogP contribution in [-0.2, 0) is 5.41 Å². The van der Waals surface area contributed by atoms with Crippen molar-refractivity contribution >= 4 is 10.8 Å². The van der Waals surface area contributed by atoms with Crippen LogP contribution in [0.4, 0.5) is 0 Å². The van der Waals surface area contributed by atoms with Crippen molar-refractivity contribution in [3.8, 4) is 79.4 Å². The van der Waals surface area contributed by atoms with Crippen molar-refractivity contribution in [3.63, 3.8) is 0 Å². The second-order valence-corrected chi connectivity index (χ2v) is 17.2. The number of rotatable bonds is 4. The molecule has 2 heterocycles. The number of benzene rings is 7. The zero-order valence-electron chi connectivity index (χ0n) is 31.9. The molecule has 58 heavy (non-hydrogen) atoms. The molecule has 7 aromatic carbocycles. The summed E-state index contributed by atoms with van der Waals surface area (Å²) in [5, 5.41) is 2.33. The fourth-order valence-corrected chi connectivity index (χ4v) is 12.0. The summed E-state index contributed by atoms with van der Waals surface area (Å²) in [7, 11) is 0. The molecule has 0 amide bonds. The van der Waals surface area contributed by atoms with Crippen molar-refractivity contribution in [2.24, 2.45) is 23.7 Å². The standard InChI is InChI=1S/C53H39N3O2/c1-3-9-33(10-4-1)35-15-16-37-29-38(18-17-36(37)28-35)51-54-50(34-11-5-2-6-12-34)55-52(56-51)39-19-21-44-43(30-39)42-20-22-47-49(58-46-14-8-7-13-45(46)57-47)48(42)53(44)40-24-31-23-32(26-40)27-41(53)25-31/h1-22,28-32,40-41H,23-27H2. The summed E-state index contributed by atoms with van der Waals surface area (Å²) in [4.78, 5) is 15.6. The summed E-state index contributed by atoms with van der Waals surface area (Å²) >= 11 is 0. The van der Waals surface area contributed by atoms with E-state index in [0.717, 1.165) is 56.9 Å². The Bertz CT molecular complexity index is 2950. The van der Waals surface area contributed by atoms with Crippen LogP contribution in [0.15, 0.2) is 152 Å². The summed E-state index contributed by atoms with van der Waals surface area (Å²) < 4.78 is 13.5. The van der Waals surface area contributed by atoms with Crippen LogP contribution in [0.2, 0.25) is 0 Å². The molecule has 4 fully saturated rings. The Hall–Kier alpha value is -6.59. The number of fused-ring (bicyclic) bond motifs is 7. The molecule has 5 nitrogen and oxygen atoms in total. The molecule has 0 atom stereocenters. The van der Waals surface area contributed by atoms with Crippen LogP contribution >= 0.6 is 0 Å². The van der Waals surface area contributed by atoms with Gasteiger partial charge < -0.3 is 9.47 Å². The van der Waals surface area contributed by atoms with Crippen LogP contribution < -0.4 is 9.47 Å². The fraction of sp³-hybridized carbons (Fsp3) is 0.189. The third kappa shape index (κ3) is 4.73. The average Bonchev–Trinajstić information content (AvgIpc) is 3.58. The van der Waals surface area contributed by atoms with Crippen LogP contribution in [0, 0.1) is 23.7 Å². The van der Waals surface area contributed by atoms with Crippen molar-refractivity contribution in [3.05, 3.63) is 163 Å². The highest BCUT2D eigenvalue weighted by atomic mass is 16.6. The van der Waals surface area contributed by atoms with Gasteiger partial charge in [0.15, 0.2) is 40.5 Å². The lowest BCUT2D eigenvalue weighted by molar-refractivity contribution is -0.0407. The van der Waals surface area contributed by atoms with E-state index >= 15 is 0 Å². The average molecular weight is 750 g/mol. The number of hydrogen-bond donors (Lipinski definition) is 0. The number of ether oxygens (including phenoxy) is 2. The van der Waals surface area contributed by atoms with Gasteiger partial charge in [0.25, 0.3) is 0 Å². The lowest BCUT2D eigenvalue weighted by Crippen LogP contribution is -2.55. The van der Waals surface area contributed by atoms with Gasteiger partial charge >= 0.3 is 0 Å². The first-order valence-electron chi connectivity index (χ1n) is 20.8. The first-order valence-corrected chi connectivity index (χ1v) is 20.8. The van der Waals surface area contributed by atoms with Crippen LogP contribution in [0.25, 0.3) is 67.2 Å². The zero-order valence-corrected chi connectivity index (χ0v) is 31.9. The second-order valence-electron chi connectivity index (χ2n) is 17.2. The Kier molecular flexibility index (Phi) is 6.84. The van der Waals surface area contributed by atoms with E-state index in [2.05, 4.69) is 109 Å². The highest BCUT2D eigenvalue weighted by Gasteiger charge is 2.63. The lowest BCUT2D eigenvalue weighted by Gasteiger charge is -2.61. The Morgan fingerprint density at radius 1 is 0.414 bits per heavy atom. The Morgan fingerprint density at radius 2 is 0.966 bits per heavy atom. The number of para-hydroxylation sites is 2. The SMILES string of the molecule is c1ccc(-c2ccc3cc(-c4nc(-c5ccccc5)nc(-c5ccc6c(c5)-c5ccc7c(c5C65C6CC8CC(C6)CC5C8)Oc5ccccc5O7)n4)ccc3c2)cc1. The first-order chi connectivity index (χ1) is 28.7. The summed E-state index contributed by atoms with van der Waals surface area (Å²) in [6.07, 6.45) is 6.53. The van der Waals surface area contributed by atoms with Crippen molar-refractivity contribution < 1.29 is 9.47 Å². The number of nitrogens with zero attached hydrogens (tertiary/aromatic N) is 3. The first kappa shape index (κ1) is 32.5. The van der Waals surface area contributed by atoms with E-state index in [0.29, 0.717) is 29.3 Å². The Labute approximate surface area is 337 Å². The van der Waals surface area contributed by atoms with Gasteiger partial charge in [0.05, 0.1) is 0 Å². The molecule has 1 spiro atoms. The van der Waals surface area contributed by atoms with E-state index in [4.69, 9.17) is 24.4 Å². The van der Waals surface area contributed by atoms with Gasteiger partial charge in [-0.3, -0.25) is 0 Å². The van der Waals surface area contributed by atoms with Gasteiger partial charge in [0.2, 0.25) is 0 Å². The van der Waals surface area contributed by atoms with Crippen LogP contribution in [0.5, 0.6) is 23.0 Å². The third-order valence-corrected chi connectivity index (χ3v) is 14.1. The van der Waals surface area contributed by atoms with Gasteiger partial charge in [-0.1, -0.05) is 115 Å². The van der Waals surface area contributed by atoms with E-state index < -0.39 is 0 Å². The van der Waals surface area contributed by atoms with Crippen LogP contribution in [0.3, 0.4) is 0 Å². The van der Waals surface area contributed by atoms with E-state index in [1.165, 1.54) is 70.9 Å². The predicted molar refractivity (Wildman–Crippen MR) is 229 cm³/mol. The molecular formula is C53H39N3O2. The van der Waals surface area contributed by atoms with Gasteiger partial charge in [0.1, 0.15) is 0 Å². The Balaban J connectivity index is 0.972. The minimum Gasteiger partial charge on any atom is -0.450 e. The van der Waals surface area contributed by atoms with Crippen molar-refractivity contribution in [2.75, 3.05) is 0 Å². The summed E-state index contributed by atoms with van der Waals surface area (Å²) in [6, 6.07) is 53.5. The minimum atomic E-state index is -0.109. The molecule has 1 aliphatic heterocycles. The monoisotopic (exact) mass is 749 g/mol. The predicted octanol–water partition coefficient (Wildman–Crippen LogP) is 13.3. The van der Waals surface area contributed by atoms with Gasteiger partial charge in [-0.2, -0.15) is 0 Å². The van der Waals surface area contributed by atoms with Crippen LogP contribution in [0.1, 0.15) is 43.2 Å². The van der Waals surface area contributed by atoms with E-state index in [9.17, 15) is 0 Å². The summed E-state index contributed by atoms with van der Waals surface area (Å²) in [6.45, 7) is 0. The van der Waals surface area contributed by atoms with Crippen molar-refractivity contribution in [1.82, 2.24) is 15.0 Å². The smallest absolute Gasteiger partial charge is 0.174 e. The van der Waals surface area contributed by atoms with E-state index in [1.807, 2.05) is 42.5 Å². The molecule has 0 saturated heterocycles. The second kappa shape index (κ2) is 12.2. The molecule has 6 aliphatic rings. The van der Waals surface area contributed by atoms with E-state index in [1.54, 1.807) is 0 Å². The highest BCUT2D eigenvalue weighted by Crippen LogP contribution is 2.72. The number of hydrogen-bond acceptors (Lipinski definition) is 5. The van der Waals surface area contributed by atoms with E-state index in [-0.39, 0.29) is 5.41 Å². The quantitative estimate of drug-likeness (QED) is 0.179. The zero-order chi connectivity index (χ0) is 38.0. The maximum atomic E-state index is 6.93. The molecule has 278 valence electrons. The molecule has 4 saturated carbocycles.